The van der Waals surface area contributed by atoms with Crippen molar-refractivity contribution in [3.05, 3.63) is 65.2 Å². The van der Waals surface area contributed by atoms with E-state index in [0.717, 1.165) is 29.2 Å². The Morgan fingerprint density at radius 3 is 2.19 bits per heavy atom. The molecule has 0 saturated carbocycles. The Bertz CT molecular complexity index is 1250. The number of ether oxygens (including phenoxy) is 1. The first kappa shape index (κ1) is 26.3. The summed E-state index contributed by atoms with van der Waals surface area (Å²) in [5, 5.41) is 2.31. The lowest BCUT2D eigenvalue weighted by Gasteiger charge is -2.57. The number of esters is 1. The average molecular weight is 537 g/mol. The number of anilines is 1. The molecule has 0 radical (unpaired) electrons. The van der Waals surface area contributed by atoms with Crippen LogP contribution in [0.5, 0.6) is 0 Å². The maximum atomic E-state index is 14.5. The van der Waals surface area contributed by atoms with Gasteiger partial charge in [0.1, 0.15) is 18.2 Å². The molecule has 0 bridgehead atoms. The van der Waals surface area contributed by atoms with E-state index < -0.39 is 84.4 Å². The Labute approximate surface area is 202 Å². The van der Waals surface area contributed by atoms with Crippen LogP contribution in [0, 0.1) is 11.6 Å². The lowest BCUT2D eigenvalue weighted by Crippen LogP contribution is -2.85. The predicted octanol–water partition coefficient (Wildman–Crippen LogP) is 3.13. The van der Waals surface area contributed by atoms with E-state index in [1.165, 1.54) is 0 Å². The van der Waals surface area contributed by atoms with Gasteiger partial charge in [-0.05, 0) is 29.8 Å². The first-order chi connectivity index (χ1) is 17.1. The number of hydrogen-bond acceptors (Lipinski definition) is 5. The van der Waals surface area contributed by atoms with Crippen molar-refractivity contribution in [1.29, 1.82) is 0 Å². The first-order valence-corrected chi connectivity index (χ1v) is 10.4. The lowest BCUT2D eigenvalue weighted by atomic mass is 9.82. The number of hydrogen-bond donors (Lipinski definition) is 1. The smallest absolute Gasteiger partial charge is 0.437 e. The molecule has 37 heavy (non-hydrogen) atoms. The van der Waals surface area contributed by atoms with Gasteiger partial charge in [0, 0.05) is 19.2 Å². The zero-order chi connectivity index (χ0) is 27.3. The minimum absolute atomic E-state index is 0.0720. The van der Waals surface area contributed by atoms with Gasteiger partial charge in [-0.25, -0.2) is 13.6 Å². The van der Waals surface area contributed by atoms with Gasteiger partial charge >= 0.3 is 18.3 Å². The first-order valence-electron chi connectivity index (χ1n) is 10.4. The van der Waals surface area contributed by atoms with Gasteiger partial charge in [0.05, 0.1) is 11.3 Å². The highest BCUT2D eigenvalue weighted by Gasteiger charge is 2.65. The molecule has 2 aliphatic heterocycles. The van der Waals surface area contributed by atoms with Gasteiger partial charge in [-0.1, -0.05) is 12.1 Å². The number of benzene rings is 2. The number of amides is 2. The fraction of sp³-hybridized carbons (Fsp3) is 0.318. The standard InChI is InChI=1S/C22H15F8N3O4/c23-13-5-6-15(14(24)7-13)32-9-16(34)33(8-11-1-3-12(4-2-11)21(25,26)27)20(18(32)35)10-31-17(20)37-19(36)22(28,29)30/h1-7,17,31H,8-10H2. The summed E-state index contributed by atoms with van der Waals surface area (Å²) in [6.45, 7) is -1.92. The highest BCUT2D eigenvalue weighted by Crippen LogP contribution is 2.39. The minimum Gasteiger partial charge on any atom is -0.437 e. The van der Waals surface area contributed by atoms with Gasteiger partial charge in [0.25, 0.3) is 5.91 Å². The summed E-state index contributed by atoms with van der Waals surface area (Å²) in [6, 6.07) is 5.48. The molecule has 2 saturated heterocycles. The summed E-state index contributed by atoms with van der Waals surface area (Å²) in [5.41, 5.74) is -3.80. The summed E-state index contributed by atoms with van der Waals surface area (Å²) < 4.78 is 109. The molecule has 1 spiro atoms. The SMILES string of the molecule is O=C1CN(c2ccc(F)cc2F)C(=O)C2(CNC2OC(=O)C(F)(F)F)N1Cc1ccc(C(F)(F)F)cc1. The predicted molar refractivity (Wildman–Crippen MR) is 107 cm³/mol. The van der Waals surface area contributed by atoms with E-state index >= 15 is 0 Å². The average Bonchev–Trinajstić information content (AvgIpc) is 2.78. The summed E-state index contributed by atoms with van der Waals surface area (Å²) in [4.78, 5) is 39.5. The van der Waals surface area contributed by atoms with Crippen molar-refractivity contribution in [3.8, 4) is 0 Å². The second-order valence-corrected chi connectivity index (χ2v) is 8.25. The molecular formula is C22H15F8N3O4. The molecule has 2 atom stereocenters. The van der Waals surface area contributed by atoms with Gasteiger partial charge in [-0.2, -0.15) is 26.3 Å². The molecule has 1 N–H and O–H groups in total. The van der Waals surface area contributed by atoms with Crippen LogP contribution in [0.2, 0.25) is 0 Å². The van der Waals surface area contributed by atoms with Crippen molar-refractivity contribution in [2.45, 2.75) is 30.7 Å². The van der Waals surface area contributed by atoms with E-state index in [2.05, 4.69) is 10.1 Å². The van der Waals surface area contributed by atoms with E-state index in [4.69, 9.17) is 0 Å². The van der Waals surface area contributed by atoms with Crippen LogP contribution in [0.1, 0.15) is 11.1 Å². The van der Waals surface area contributed by atoms with Gasteiger partial charge in [0.2, 0.25) is 5.91 Å². The van der Waals surface area contributed by atoms with Crippen LogP contribution in [-0.4, -0.2) is 53.7 Å². The van der Waals surface area contributed by atoms with E-state index in [1.54, 1.807) is 0 Å². The van der Waals surface area contributed by atoms with Gasteiger partial charge < -0.3 is 9.64 Å². The highest BCUT2D eigenvalue weighted by molar-refractivity contribution is 6.10. The maximum absolute atomic E-state index is 14.5. The van der Waals surface area contributed by atoms with E-state index in [0.29, 0.717) is 23.1 Å². The number of nitrogens with one attached hydrogen (secondary N) is 1. The molecular weight excluding hydrogens is 522 g/mol. The van der Waals surface area contributed by atoms with Gasteiger partial charge in [-0.15, -0.1) is 0 Å². The molecule has 2 heterocycles. The normalized spacial score (nSPS) is 22.3. The molecule has 0 aliphatic carbocycles. The Balaban J connectivity index is 1.72. The summed E-state index contributed by atoms with van der Waals surface area (Å²) in [7, 11) is 0. The van der Waals surface area contributed by atoms with E-state index in [1.807, 2.05) is 0 Å². The molecule has 7 nitrogen and oxygen atoms in total. The molecule has 198 valence electrons. The monoisotopic (exact) mass is 537 g/mol. The van der Waals surface area contributed by atoms with E-state index in [-0.39, 0.29) is 5.56 Å². The molecule has 2 aliphatic rings. The Kier molecular flexibility index (Phi) is 6.38. The largest absolute Gasteiger partial charge is 0.490 e. The van der Waals surface area contributed by atoms with Crippen LogP contribution in [0.3, 0.4) is 0 Å². The van der Waals surface area contributed by atoms with Crippen molar-refractivity contribution in [1.82, 2.24) is 10.2 Å². The minimum atomic E-state index is -5.46. The highest BCUT2D eigenvalue weighted by atomic mass is 19.4. The molecule has 2 fully saturated rings. The van der Waals surface area contributed by atoms with Gasteiger partial charge in [0.15, 0.2) is 11.8 Å². The molecule has 0 aromatic heterocycles. The zero-order valence-corrected chi connectivity index (χ0v) is 18.3. The van der Waals surface area contributed by atoms with Crippen molar-refractivity contribution in [3.63, 3.8) is 0 Å². The van der Waals surface area contributed by atoms with Crippen LogP contribution >= 0.6 is 0 Å². The third kappa shape index (κ3) is 4.70. The second-order valence-electron chi connectivity index (χ2n) is 8.25. The molecule has 2 amide bonds. The lowest BCUT2D eigenvalue weighted by molar-refractivity contribution is -0.224. The van der Waals surface area contributed by atoms with Crippen molar-refractivity contribution in [2.24, 2.45) is 0 Å². The van der Waals surface area contributed by atoms with Gasteiger partial charge in [-0.3, -0.25) is 19.8 Å². The van der Waals surface area contributed by atoms with Crippen LogP contribution in [0.15, 0.2) is 42.5 Å². The number of piperazine rings is 1. The molecule has 2 aromatic carbocycles. The third-order valence-electron chi connectivity index (χ3n) is 5.96. The van der Waals surface area contributed by atoms with Crippen LogP contribution in [0.25, 0.3) is 0 Å². The van der Waals surface area contributed by atoms with Crippen molar-refractivity contribution >= 4 is 23.5 Å². The molecule has 4 rings (SSSR count). The topological polar surface area (TPSA) is 79.0 Å². The molecule has 2 unspecified atom stereocenters. The van der Waals surface area contributed by atoms with Crippen molar-refractivity contribution in [2.75, 3.05) is 18.0 Å². The molecule has 2 aromatic rings. The molecule has 15 heteroatoms. The Hall–Kier alpha value is -3.75. The summed E-state index contributed by atoms with van der Waals surface area (Å²) >= 11 is 0. The number of alkyl halides is 6. The summed E-state index contributed by atoms with van der Waals surface area (Å²) in [5.74, 6) is -7.02. The second kappa shape index (κ2) is 8.97. The zero-order valence-electron chi connectivity index (χ0n) is 18.3. The quantitative estimate of drug-likeness (QED) is 0.479. The Morgan fingerprint density at radius 2 is 1.68 bits per heavy atom. The number of rotatable bonds is 4. The van der Waals surface area contributed by atoms with Crippen LogP contribution in [-0.2, 0) is 31.8 Å². The maximum Gasteiger partial charge on any atom is 0.490 e. The summed E-state index contributed by atoms with van der Waals surface area (Å²) in [6.07, 6.45) is -12.1. The number of carbonyl (C=O) groups is 3. The van der Waals surface area contributed by atoms with Crippen molar-refractivity contribution < 1.29 is 54.2 Å². The van der Waals surface area contributed by atoms with Crippen LogP contribution < -0.4 is 10.2 Å². The number of carbonyl (C=O) groups excluding carboxylic acids is 3. The fourth-order valence-corrected chi connectivity index (χ4v) is 4.09. The van der Waals surface area contributed by atoms with E-state index in [9.17, 15) is 49.5 Å². The Morgan fingerprint density at radius 1 is 1.03 bits per heavy atom. The fourth-order valence-electron chi connectivity index (χ4n) is 4.09. The number of halogens is 8. The third-order valence-corrected chi connectivity index (χ3v) is 5.96. The van der Waals surface area contributed by atoms with Crippen LogP contribution in [0.4, 0.5) is 40.8 Å². The number of nitrogens with zero attached hydrogens (tertiary/aromatic N) is 2.